The molecule has 3 rings (SSSR count). The van der Waals surface area contributed by atoms with E-state index in [1.165, 1.54) is 24.2 Å². The van der Waals surface area contributed by atoms with E-state index < -0.39 is 0 Å². The molecule has 3 N–H and O–H groups in total. The molecule has 1 fully saturated rings. The molecule has 1 aliphatic carbocycles. The van der Waals surface area contributed by atoms with Crippen molar-refractivity contribution >= 4 is 34.1 Å². The number of amides is 3. The first-order chi connectivity index (χ1) is 12.2. The summed E-state index contributed by atoms with van der Waals surface area (Å²) in [5, 5.41) is 10.9. The van der Waals surface area contributed by atoms with Gasteiger partial charge in [-0.05, 0) is 31.4 Å². The molecule has 0 bridgehead atoms. The van der Waals surface area contributed by atoms with Crippen LogP contribution in [0.4, 0.5) is 15.6 Å². The SMILES string of the molecule is O=C(CCc1csc(NC(=O)Nc2ccccc2)n1)NC1CCCC1. The number of carbonyl (C=O) groups is 2. The number of hydrogen-bond acceptors (Lipinski definition) is 4. The lowest BCUT2D eigenvalue weighted by atomic mass is 10.2. The Bertz CT molecular complexity index is 711. The largest absolute Gasteiger partial charge is 0.353 e. The third kappa shape index (κ3) is 5.56. The number of para-hydroxylation sites is 1. The van der Waals surface area contributed by atoms with Crippen LogP contribution in [-0.2, 0) is 11.2 Å². The first kappa shape index (κ1) is 17.4. The van der Waals surface area contributed by atoms with Crippen molar-refractivity contribution in [2.24, 2.45) is 0 Å². The van der Waals surface area contributed by atoms with Gasteiger partial charge < -0.3 is 10.6 Å². The number of carbonyl (C=O) groups excluding carboxylic acids is 2. The number of urea groups is 1. The Kier molecular flexibility index (Phi) is 6.00. The van der Waals surface area contributed by atoms with Gasteiger partial charge >= 0.3 is 6.03 Å². The molecule has 0 spiro atoms. The molecule has 132 valence electrons. The average Bonchev–Trinajstić information content (AvgIpc) is 3.26. The average molecular weight is 358 g/mol. The molecular formula is C18H22N4O2S. The highest BCUT2D eigenvalue weighted by Gasteiger charge is 2.17. The molecule has 1 aromatic carbocycles. The fourth-order valence-corrected chi connectivity index (χ4v) is 3.61. The van der Waals surface area contributed by atoms with E-state index in [0.29, 0.717) is 24.0 Å². The standard InChI is InChI=1S/C18H22N4O2S/c23-16(19-13-8-4-5-9-13)11-10-15-12-25-18(21-15)22-17(24)20-14-6-2-1-3-7-14/h1-3,6-7,12-13H,4-5,8-11H2,(H,19,23)(H2,20,21,22,24). The maximum Gasteiger partial charge on any atom is 0.325 e. The quantitative estimate of drug-likeness (QED) is 0.735. The molecule has 1 saturated carbocycles. The van der Waals surface area contributed by atoms with Crippen LogP contribution in [0.5, 0.6) is 0 Å². The van der Waals surface area contributed by atoms with Gasteiger partial charge in [-0.25, -0.2) is 9.78 Å². The van der Waals surface area contributed by atoms with Gasteiger partial charge in [-0.1, -0.05) is 31.0 Å². The van der Waals surface area contributed by atoms with Crippen molar-refractivity contribution in [2.45, 2.75) is 44.6 Å². The van der Waals surface area contributed by atoms with E-state index in [1.54, 1.807) is 0 Å². The Hall–Kier alpha value is -2.41. The normalized spacial score (nSPS) is 14.2. The Labute approximate surface area is 151 Å². The Morgan fingerprint density at radius 1 is 1.12 bits per heavy atom. The number of aryl methyl sites for hydroxylation is 1. The lowest BCUT2D eigenvalue weighted by Gasteiger charge is -2.11. The minimum atomic E-state index is -0.328. The van der Waals surface area contributed by atoms with Gasteiger partial charge in [0.2, 0.25) is 5.91 Å². The topological polar surface area (TPSA) is 83.1 Å². The molecule has 1 aromatic heterocycles. The second-order valence-electron chi connectivity index (χ2n) is 6.14. The van der Waals surface area contributed by atoms with Crippen LogP contribution in [-0.4, -0.2) is 23.0 Å². The summed E-state index contributed by atoms with van der Waals surface area (Å²) < 4.78 is 0. The van der Waals surface area contributed by atoms with Crippen molar-refractivity contribution < 1.29 is 9.59 Å². The van der Waals surface area contributed by atoms with E-state index in [9.17, 15) is 9.59 Å². The number of aromatic nitrogens is 1. The van der Waals surface area contributed by atoms with E-state index in [4.69, 9.17) is 0 Å². The van der Waals surface area contributed by atoms with E-state index in [2.05, 4.69) is 20.9 Å². The molecule has 0 unspecified atom stereocenters. The van der Waals surface area contributed by atoms with Crippen molar-refractivity contribution in [2.75, 3.05) is 10.6 Å². The maximum absolute atomic E-state index is 11.9. The third-order valence-electron chi connectivity index (χ3n) is 4.13. The molecule has 0 aliphatic heterocycles. The van der Waals surface area contributed by atoms with Crippen molar-refractivity contribution in [3.8, 4) is 0 Å². The van der Waals surface area contributed by atoms with E-state index in [-0.39, 0.29) is 11.9 Å². The summed E-state index contributed by atoms with van der Waals surface area (Å²) in [6.45, 7) is 0. The summed E-state index contributed by atoms with van der Waals surface area (Å²) in [6, 6.07) is 9.25. The lowest BCUT2D eigenvalue weighted by Crippen LogP contribution is -2.32. The molecule has 0 radical (unpaired) electrons. The van der Waals surface area contributed by atoms with Gasteiger partial charge in [-0.15, -0.1) is 11.3 Å². The van der Waals surface area contributed by atoms with Crippen molar-refractivity contribution in [3.63, 3.8) is 0 Å². The Balaban J connectivity index is 1.42. The van der Waals surface area contributed by atoms with Crippen molar-refractivity contribution in [1.29, 1.82) is 0 Å². The van der Waals surface area contributed by atoms with Crippen LogP contribution in [0.2, 0.25) is 0 Å². The molecule has 6 nitrogen and oxygen atoms in total. The van der Waals surface area contributed by atoms with Crippen LogP contribution < -0.4 is 16.0 Å². The maximum atomic E-state index is 11.9. The van der Waals surface area contributed by atoms with E-state index in [0.717, 1.165) is 24.2 Å². The number of rotatable bonds is 6. The van der Waals surface area contributed by atoms with Crippen molar-refractivity contribution in [3.05, 3.63) is 41.4 Å². The third-order valence-corrected chi connectivity index (χ3v) is 4.94. The zero-order valence-corrected chi connectivity index (χ0v) is 14.8. The van der Waals surface area contributed by atoms with Crippen LogP contribution in [0.25, 0.3) is 0 Å². The Morgan fingerprint density at radius 2 is 1.88 bits per heavy atom. The first-order valence-electron chi connectivity index (χ1n) is 8.56. The monoisotopic (exact) mass is 358 g/mol. The zero-order chi connectivity index (χ0) is 17.5. The minimum absolute atomic E-state index is 0.0798. The molecule has 3 amide bonds. The fourth-order valence-electron chi connectivity index (χ4n) is 2.87. The van der Waals surface area contributed by atoms with Crippen LogP contribution in [0.3, 0.4) is 0 Å². The summed E-state index contributed by atoms with van der Waals surface area (Å²) in [6.07, 6.45) is 5.60. The summed E-state index contributed by atoms with van der Waals surface area (Å²) in [7, 11) is 0. The number of nitrogens with one attached hydrogen (secondary N) is 3. The summed E-state index contributed by atoms with van der Waals surface area (Å²) in [5.74, 6) is 0.0798. The van der Waals surface area contributed by atoms with Gasteiger partial charge in [-0.2, -0.15) is 0 Å². The van der Waals surface area contributed by atoms with E-state index in [1.807, 2.05) is 35.7 Å². The van der Waals surface area contributed by atoms with Gasteiger partial charge in [0.05, 0.1) is 5.69 Å². The van der Waals surface area contributed by atoms with Crippen LogP contribution >= 0.6 is 11.3 Å². The fraction of sp³-hybridized carbons (Fsp3) is 0.389. The number of benzene rings is 1. The van der Waals surface area contributed by atoms with Crippen LogP contribution in [0.1, 0.15) is 37.8 Å². The number of thiazole rings is 1. The summed E-state index contributed by atoms with van der Waals surface area (Å²) >= 11 is 1.36. The zero-order valence-electron chi connectivity index (χ0n) is 14.0. The Morgan fingerprint density at radius 3 is 2.64 bits per heavy atom. The highest BCUT2D eigenvalue weighted by atomic mass is 32.1. The first-order valence-corrected chi connectivity index (χ1v) is 9.44. The van der Waals surface area contributed by atoms with Gasteiger partial charge in [-0.3, -0.25) is 10.1 Å². The predicted molar refractivity (Wildman–Crippen MR) is 99.9 cm³/mol. The number of anilines is 2. The smallest absolute Gasteiger partial charge is 0.325 e. The molecule has 1 heterocycles. The summed E-state index contributed by atoms with van der Waals surface area (Å²) in [5.41, 5.74) is 1.54. The molecular weight excluding hydrogens is 336 g/mol. The van der Waals surface area contributed by atoms with Gasteiger partial charge in [0.1, 0.15) is 0 Å². The van der Waals surface area contributed by atoms with Gasteiger partial charge in [0.15, 0.2) is 5.13 Å². The molecule has 2 aromatic rings. The second-order valence-corrected chi connectivity index (χ2v) is 7.00. The predicted octanol–water partition coefficient (Wildman–Crippen LogP) is 3.78. The second kappa shape index (κ2) is 8.62. The lowest BCUT2D eigenvalue weighted by molar-refractivity contribution is -0.121. The molecule has 1 aliphatic rings. The minimum Gasteiger partial charge on any atom is -0.353 e. The summed E-state index contributed by atoms with van der Waals surface area (Å²) in [4.78, 5) is 28.2. The number of hydrogen-bond donors (Lipinski definition) is 3. The van der Waals surface area contributed by atoms with Crippen LogP contribution in [0.15, 0.2) is 35.7 Å². The van der Waals surface area contributed by atoms with E-state index >= 15 is 0 Å². The van der Waals surface area contributed by atoms with Crippen LogP contribution in [0, 0.1) is 0 Å². The van der Waals surface area contributed by atoms with Gasteiger partial charge in [0.25, 0.3) is 0 Å². The number of nitrogens with zero attached hydrogens (tertiary/aromatic N) is 1. The van der Waals surface area contributed by atoms with Crippen molar-refractivity contribution in [1.82, 2.24) is 10.3 Å². The highest BCUT2D eigenvalue weighted by Crippen LogP contribution is 2.19. The molecule has 7 heteroatoms. The highest BCUT2D eigenvalue weighted by molar-refractivity contribution is 7.13. The molecule has 25 heavy (non-hydrogen) atoms. The molecule has 0 atom stereocenters. The molecule has 0 saturated heterocycles. The van der Waals surface area contributed by atoms with Gasteiger partial charge in [0, 0.05) is 23.5 Å².